The largest absolute Gasteiger partial charge is 0.586 e. The van der Waals surface area contributed by atoms with Gasteiger partial charge in [0.1, 0.15) is 6.61 Å². The molecule has 2 N–H and O–H groups in total. The van der Waals surface area contributed by atoms with Crippen LogP contribution in [0.5, 0.6) is 11.5 Å². The monoisotopic (exact) mass is 439 g/mol. The van der Waals surface area contributed by atoms with Gasteiger partial charge in [-0.1, -0.05) is 28.0 Å². The number of ether oxygens (including phenoxy) is 2. The van der Waals surface area contributed by atoms with Crippen LogP contribution in [0.1, 0.15) is 18.1 Å². The number of carbonyl (C=O) groups is 1. The van der Waals surface area contributed by atoms with Gasteiger partial charge in [0.25, 0.3) is 0 Å². The Hall–Kier alpha value is -3.47. The van der Waals surface area contributed by atoms with Crippen LogP contribution in [0.25, 0.3) is 0 Å². The third kappa shape index (κ3) is 4.74. The van der Waals surface area contributed by atoms with Crippen LogP contribution in [0, 0.1) is 5.53 Å². The van der Waals surface area contributed by atoms with Crippen molar-refractivity contribution in [2.24, 2.45) is 10.4 Å². The van der Waals surface area contributed by atoms with E-state index in [0.717, 1.165) is 5.01 Å². The number of rotatable bonds is 6. The Balaban J connectivity index is 1.71. The number of amides is 2. The number of nitrogens with one attached hydrogen (secondary N) is 2. The lowest BCUT2D eigenvalue weighted by Crippen LogP contribution is -2.26. The number of urea groups is 1. The quantitative estimate of drug-likeness (QED) is 0.374. The number of nitrogens with zero attached hydrogens (tertiary/aromatic N) is 3. The molecule has 158 valence electrons. The molecule has 1 heterocycles. The summed E-state index contributed by atoms with van der Waals surface area (Å²) < 4.78 is 35.1. The van der Waals surface area contributed by atoms with Crippen LogP contribution in [-0.2, 0) is 11.4 Å². The maximum absolute atomic E-state index is 13.1. The van der Waals surface area contributed by atoms with Gasteiger partial charge in [-0.2, -0.15) is 10.5 Å². The molecule has 2 aromatic rings. The smallest absolute Gasteiger partial charge is 0.395 e. The number of oxime groups is 1. The molecule has 2 aromatic carbocycles. The molecule has 0 fully saturated rings. The number of carbonyl (C=O) groups excluding carboxylic acids is 1. The Morgan fingerprint density at radius 1 is 1.30 bits per heavy atom. The van der Waals surface area contributed by atoms with E-state index in [4.69, 9.17) is 22.0 Å². The van der Waals surface area contributed by atoms with E-state index in [1.807, 2.05) is 0 Å². The van der Waals surface area contributed by atoms with E-state index in [9.17, 15) is 13.6 Å². The maximum atomic E-state index is 13.1. The Labute approximate surface area is 174 Å². The van der Waals surface area contributed by atoms with Gasteiger partial charge in [-0.15, -0.1) is 8.78 Å². The predicted molar refractivity (Wildman–Crippen MR) is 103 cm³/mol. The van der Waals surface area contributed by atoms with Crippen molar-refractivity contribution in [2.45, 2.75) is 19.8 Å². The first-order chi connectivity index (χ1) is 14.2. The summed E-state index contributed by atoms with van der Waals surface area (Å²) in [4.78, 5) is 17.3. The van der Waals surface area contributed by atoms with E-state index in [1.54, 1.807) is 25.1 Å². The molecule has 9 nitrogen and oxygen atoms in total. The first-order valence-corrected chi connectivity index (χ1v) is 8.84. The Kier molecular flexibility index (Phi) is 6.01. The summed E-state index contributed by atoms with van der Waals surface area (Å²) >= 11 is 6.19. The van der Waals surface area contributed by atoms with Gasteiger partial charge in [0.05, 0.1) is 11.4 Å². The van der Waals surface area contributed by atoms with Gasteiger partial charge in [0.15, 0.2) is 11.5 Å². The van der Waals surface area contributed by atoms with Crippen molar-refractivity contribution in [2.75, 3.05) is 12.4 Å². The number of alkyl halides is 2. The molecule has 0 saturated carbocycles. The number of hydrogen-bond acceptors (Lipinski definition) is 7. The lowest BCUT2D eigenvalue weighted by molar-refractivity contribution is -0.286. The maximum Gasteiger partial charge on any atom is 0.586 e. The molecule has 30 heavy (non-hydrogen) atoms. The van der Waals surface area contributed by atoms with Crippen LogP contribution in [0.2, 0.25) is 5.02 Å². The molecule has 0 bridgehead atoms. The summed E-state index contributed by atoms with van der Waals surface area (Å²) in [6.45, 7) is 1.53. The normalized spacial score (nSPS) is 14.2. The zero-order valence-corrected chi connectivity index (χ0v) is 16.5. The number of fused-ring (bicyclic) bond motifs is 1. The van der Waals surface area contributed by atoms with Crippen molar-refractivity contribution < 1.29 is 27.9 Å². The molecule has 1 aliphatic rings. The first kappa shape index (κ1) is 21.2. The predicted octanol–water partition coefficient (Wildman–Crippen LogP) is 5.01. The van der Waals surface area contributed by atoms with Crippen LogP contribution < -0.4 is 14.8 Å². The summed E-state index contributed by atoms with van der Waals surface area (Å²) in [5.74, 6) is -0.176. The average Bonchev–Trinajstić information content (AvgIpc) is 3.01. The van der Waals surface area contributed by atoms with Crippen molar-refractivity contribution in [3.8, 4) is 11.5 Å². The van der Waals surface area contributed by atoms with E-state index >= 15 is 0 Å². The Bertz CT molecular complexity index is 1020. The van der Waals surface area contributed by atoms with E-state index in [1.165, 1.54) is 25.2 Å². The second-order valence-corrected chi connectivity index (χ2v) is 6.51. The summed E-state index contributed by atoms with van der Waals surface area (Å²) in [5.41, 5.74) is 8.56. The van der Waals surface area contributed by atoms with Crippen LogP contribution in [0.3, 0.4) is 0 Å². The summed E-state index contributed by atoms with van der Waals surface area (Å²) in [6, 6.07) is 8.46. The summed E-state index contributed by atoms with van der Waals surface area (Å²) in [7, 11) is 1.32. The van der Waals surface area contributed by atoms with Gasteiger partial charge in [-0.25, -0.2) is 4.79 Å². The standard InChI is InChI=1S/C18H16ClF2N5O4/c1-10(11-6-7-15-16(8-11)30-18(20,21)29-15)24-28-9-12-13(19)4-3-5-14(12)23-17(27)26(2)25-22/h3-8,22H,9H2,1-2H3,(H,23,27). The molecule has 0 aromatic heterocycles. The highest BCUT2D eigenvalue weighted by atomic mass is 35.5. The van der Waals surface area contributed by atoms with Crippen molar-refractivity contribution >= 4 is 29.0 Å². The highest BCUT2D eigenvalue weighted by molar-refractivity contribution is 6.31. The molecule has 0 saturated heterocycles. The van der Waals surface area contributed by atoms with Gasteiger partial charge in [-0.3, -0.25) is 0 Å². The van der Waals surface area contributed by atoms with Gasteiger partial charge < -0.3 is 19.6 Å². The van der Waals surface area contributed by atoms with Crippen molar-refractivity contribution in [1.29, 1.82) is 5.53 Å². The number of hydrogen-bond donors (Lipinski definition) is 2. The highest BCUT2D eigenvalue weighted by Crippen LogP contribution is 2.41. The number of anilines is 1. The van der Waals surface area contributed by atoms with E-state index in [-0.39, 0.29) is 18.1 Å². The molecule has 0 unspecified atom stereocenters. The van der Waals surface area contributed by atoms with Crippen molar-refractivity contribution in [3.05, 3.63) is 52.5 Å². The molecule has 2 amide bonds. The van der Waals surface area contributed by atoms with Crippen molar-refractivity contribution in [3.63, 3.8) is 0 Å². The molecule has 0 aliphatic carbocycles. The van der Waals surface area contributed by atoms with E-state index in [2.05, 4.69) is 25.2 Å². The molecule has 0 atom stereocenters. The minimum atomic E-state index is -3.70. The molecule has 3 rings (SSSR count). The van der Waals surface area contributed by atoms with E-state index < -0.39 is 12.3 Å². The van der Waals surface area contributed by atoms with Gasteiger partial charge in [0, 0.05) is 23.2 Å². The average molecular weight is 440 g/mol. The molecule has 12 heteroatoms. The minimum absolute atomic E-state index is 0.0710. The SMILES string of the molecule is CC(=NOCc1c(Cl)cccc1NC(=O)N(C)N=N)c1ccc2c(c1)OC(F)(F)O2. The third-order valence-corrected chi connectivity index (χ3v) is 4.39. The number of halogens is 3. The Morgan fingerprint density at radius 2 is 2.03 bits per heavy atom. The second kappa shape index (κ2) is 8.49. The van der Waals surface area contributed by atoms with Crippen LogP contribution in [0.4, 0.5) is 19.3 Å². The summed E-state index contributed by atoms with van der Waals surface area (Å²) in [6.07, 6.45) is -3.70. The fraction of sp³-hybridized carbons (Fsp3) is 0.222. The van der Waals surface area contributed by atoms with Crippen LogP contribution in [0.15, 0.2) is 46.8 Å². The minimum Gasteiger partial charge on any atom is -0.395 e. The topological polar surface area (TPSA) is 109 Å². The summed E-state index contributed by atoms with van der Waals surface area (Å²) in [5, 5.41) is 10.7. The molecule has 0 spiro atoms. The molecular formula is C18H16ClF2N5O4. The van der Waals surface area contributed by atoms with Gasteiger partial charge in [-0.05, 0) is 37.3 Å². The molecular weight excluding hydrogens is 424 g/mol. The lowest BCUT2D eigenvalue weighted by atomic mass is 10.1. The lowest BCUT2D eigenvalue weighted by Gasteiger charge is -2.14. The van der Waals surface area contributed by atoms with Crippen LogP contribution >= 0.6 is 11.6 Å². The van der Waals surface area contributed by atoms with E-state index in [0.29, 0.717) is 27.5 Å². The number of benzene rings is 2. The molecule has 1 aliphatic heterocycles. The highest BCUT2D eigenvalue weighted by Gasteiger charge is 2.43. The van der Waals surface area contributed by atoms with Crippen LogP contribution in [-0.4, -0.2) is 30.1 Å². The zero-order valence-electron chi connectivity index (χ0n) is 15.8. The first-order valence-electron chi connectivity index (χ1n) is 8.46. The zero-order chi connectivity index (χ0) is 21.9. The third-order valence-electron chi connectivity index (χ3n) is 4.03. The molecule has 0 radical (unpaired) electrons. The van der Waals surface area contributed by atoms with Gasteiger partial charge >= 0.3 is 12.3 Å². The fourth-order valence-corrected chi connectivity index (χ4v) is 2.71. The fourth-order valence-electron chi connectivity index (χ4n) is 2.48. The van der Waals surface area contributed by atoms with Gasteiger partial charge in [0.2, 0.25) is 0 Å². The Morgan fingerprint density at radius 3 is 2.77 bits per heavy atom. The van der Waals surface area contributed by atoms with Crippen molar-refractivity contribution in [1.82, 2.24) is 5.01 Å². The second-order valence-electron chi connectivity index (χ2n) is 6.10.